The average Bonchev–Trinajstić information content (AvgIpc) is 2.47. The molecule has 1 aromatic rings. The second kappa shape index (κ2) is 7.63. The predicted octanol–water partition coefficient (Wildman–Crippen LogP) is 3.35. The molecule has 0 saturated heterocycles. The number of benzene rings is 1. The van der Waals surface area contributed by atoms with Gasteiger partial charge in [0, 0.05) is 6.61 Å². The first-order valence-electron chi connectivity index (χ1n) is 7.36. The molecule has 3 N–H and O–H groups in total. The summed E-state index contributed by atoms with van der Waals surface area (Å²) in [6.07, 6.45) is 2.90. The molecule has 0 bridgehead atoms. The standard InChI is InChI=1S/C16H28N2O/c1-5-13-10-9-11-14(12-13)15(18-17)16(6-2,7-3)19-8-4/h9-12,15,18H,5-8,17H2,1-4H3. The fourth-order valence-electron chi connectivity index (χ4n) is 2.78. The van der Waals surface area contributed by atoms with E-state index in [2.05, 4.69) is 50.5 Å². The largest absolute Gasteiger partial charge is 0.373 e. The van der Waals surface area contributed by atoms with Crippen LogP contribution in [0.15, 0.2) is 24.3 Å². The summed E-state index contributed by atoms with van der Waals surface area (Å²) >= 11 is 0. The molecule has 3 heteroatoms. The van der Waals surface area contributed by atoms with Gasteiger partial charge < -0.3 is 4.74 Å². The van der Waals surface area contributed by atoms with Crippen molar-refractivity contribution < 1.29 is 4.74 Å². The lowest BCUT2D eigenvalue weighted by Crippen LogP contribution is -2.48. The van der Waals surface area contributed by atoms with Gasteiger partial charge in [-0.1, -0.05) is 45.0 Å². The maximum atomic E-state index is 6.07. The van der Waals surface area contributed by atoms with Crippen molar-refractivity contribution in [3.63, 3.8) is 0 Å². The van der Waals surface area contributed by atoms with Gasteiger partial charge in [-0.25, -0.2) is 0 Å². The van der Waals surface area contributed by atoms with Gasteiger partial charge in [-0.2, -0.15) is 0 Å². The van der Waals surface area contributed by atoms with Crippen molar-refractivity contribution in [3.05, 3.63) is 35.4 Å². The number of rotatable bonds is 8. The van der Waals surface area contributed by atoms with Crippen LogP contribution in [-0.4, -0.2) is 12.2 Å². The van der Waals surface area contributed by atoms with Crippen LogP contribution in [0.5, 0.6) is 0 Å². The van der Waals surface area contributed by atoms with Crippen molar-refractivity contribution in [2.75, 3.05) is 6.61 Å². The second-order valence-electron chi connectivity index (χ2n) is 4.90. The van der Waals surface area contributed by atoms with E-state index in [4.69, 9.17) is 10.6 Å². The molecule has 0 aliphatic rings. The zero-order valence-electron chi connectivity index (χ0n) is 12.7. The van der Waals surface area contributed by atoms with Crippen molar-refractivity contribution in [3.8, 4) is 0 Å². The summed E-state index contributed by atoms with van der Waals surface area (Å²) in [7, 11) is 0. The summed E-state index contributed by atoms with van der Waals surface area (Å²) in [5.41, 5.74) is 5.27. The average molecular weight is 264 g/mol. The van der Waals surface area contributed by atoms with Gasteiger partial charge in [-0.05, 0) is 37.3 Å². The van der Waals surface area contributed by atoms with E-state index in [0.717, 1.165) is 19.3 Å². The Hall–Kier alpha value is -0.900. The lowest BCUT2D eigenvalue weighted by molar-refractivity contribution is -0.0734. The van der Waals surface area contributed by atoms with E-state index < -0.39 is 0 Å². The number of hydrazine groups is 1. The molecule has 0 spiro atoms. The van der Waals surface area contributed by atoms with E-state index >= 15 is 0 Å². The summed E-state index contributed by atoms with van der Waals surface area (Å²) < 4.78 is 6.07. The van der Waals surface area contributed by atoms with E-state index in [9.17, 15) is 0 Å². The van der Waals surface area contributed by atoms with Crippen molar-refractivity contribution >= 4 is 0 Å². The Kier molecular flexibility index (Phi) is 6.49. The summed E-state index contributed by atoms with van der Waals surface area (Å²) in [6, 6.07) is 8.62. The number of hydrogen-bond donors (Lipinski definition) is 2. The first kappa shape index (κ1) is 16.2. The van der Waals surface area contributed by atoms with Crippen molar-refractivity contribution in [1.82, 2.24) is 5.43 Å². The molecule has 1 rings (SSSR count). The molecule has 0 aliphatic heterocycles. The van der Waals surface area contributed by atoms with E-state index in [1.165, 1.54) is 11.1 Å². The Labute approximate surface area is 117 Å². The zero-order chi connectivity index (χ0) is 14.3. The van der Waals surface area contributed by atoms with Crippen LogP contribution in [0.3, 0.4) is 0 Å². The summed E-state index contributed by atoms with van der Waals surface area (Å²) in [5, 5.41) is 0. The van der Waals surface area contributed by atoms with E-state index in [0.29, 0.717) is 6.61 Å². The summed E-state index contributed by atoms with van der Waals surface area (Å²) in [5.74, 6) is 5.83. The van der Waals surface area contributed by atoms with Crippen LogP contribution in [0.4, 0.5) is 0 Å². The minimum Gasteiger partial charge on any atom is -0.373 e. The number of nitrogens with two attached hydrogens (primary N) is 1. The van der Waals surface area contributed by atoms with Crippen LogP contribution in [-0.2, 0) is 11.2 Å². The summed E-state index contributed by atoms with van der Waals surface area (Å²) in [6.45, 7) is 9.23. The molecule has 0 aliphatic carbocycles. The van der Waals surface area contributed by atoms with E-state index in [-0.39, 0.29) is 11.6 Å². The van der Waals surface area contributed by atoms with Gasteiger partial charge in [-0.3, -0.25) is 11.3 Å². The number of hydrogen-bond acceptors (Lipinski definition) is 3. The molecule has 0 fully saturated rings. The normalized spacial score (nSPS) is 13.5. The Morgan fingerprint density at radius 3 is 2.37 bits per heavy atom. The molecule has 108 valence electrons. The third kappa shape index (κ3) is 3.56. The highest BCUT2D eigenvalue weighted by molar-refractivity contribution is 5.28. The van der Waals surface area contributed by atoms with Gasteiger partial charge in [0.2, 0.25) is 0 Å². The van der Waals surface area contributed by atoms with Crippen LogP contribution in [0.25, 0.3) is 0 Å². The minimum atomic E-state index is -0.240. The highest BCUT2D eigenvalue weighted by atomic mass is 16.5. The van der Waals surface area contributed by atoms with Gasteiger partial charge in [-0.15, -0.1) is 0 Å². The Bertz CT molecular complexity index is 375. The molecule has 1 unspecified atom stereocenters. The molecule has 1 atom stereocenters. The highest BCUT2D eigenvalue weighted by Gasteiger charge is 2.37. The van der Waals surface area contributed by atoms with Crippen LogP contribution in [0.2, 0.25) is 0 Å². The third-order valence-electron chi connectivity index (χ3n) is 4.01. The summed E-state index contributed by atoms with van der Waals surface area (Å²) in [4.78, 5) is 0. The molecule has 0 saturated carbocycles. The number of aryl methyl sites for hydroxylation is 1. The fourth-order valence-corrected chi connectivity index (χ4v) is 2.78. The van der Waals surface area contributed by atoms with Crippen LogP contribution in [0.1, 0.15) is 57.7 Å². The number of ether oxygens (including phenoxy) is 1. The monoisotopic (exact) mass is 264 g/mol. The second-order valence-corrected chi connectivity index (χ2v) is 4.90. The first-order valence-corrected chi connectivity index (χ1v) is 7.36. The first-order chi connectivity index (χ1) is 9.17. The predicted molar refractivity (Wildman–Crippen MR) is 80.8 cm³/mol. The van der Waals surface area contributed by atoms with Crippen LogP contribution in [0, 0.1) is 0 Å². The van der Waals surface area contributed by atoms with Gasteiger partial charge in [0.1, 0.15) is 0 Å². The zero-order valence-corrected chi connectivity index (χ0v) is 12.7. The SMILES string of the molecule is CCOC(CC)(CC)C(NN)c1cccc(CC)c1. The lowest BCUT2D eigenvalue weighted by atomic mass is 9.83. The third-order valence-corrected chi connectivity index (χ3v) is 4.01. The maximum Gasteiger partial charge on any atom is 0.0883 e. The molecule has 3 nitrogen and oxygen atoms in total. The van der Waals surface area contributed by atoms with Crippen LogP contribution >= 0.6 is 0 Å². The highest BCUT2D eigenvalue weighted by Crippen LogP contribution is 2.35. The maximum absolute atomic E-state index is 6.07. The van der Waals surface area contributed by atoms with Gasteiger partial charge >= 0.3 is 0 Å². The van der Waals surface area contributed by atoms with E-state index in [1.54, 1.807) is 0 Å². The van der Waals surface area contributed by atoms with E-state index in [1.807, 2.05) is 6.92 Å². The molecule has 0 radical (unpaired) electrons. The fraction of sp³-hybridized carbons (Fsp3) is 0.625. The lowest BCUT2D eigenvalue weighted by Gasteiger charge is -2.39. The molecular weight excluding hydrogens is 236 g/mol. The molecular formula is C16H28N2O. The van der Waals surface area contributed by atoms with Crippen molar-refractivity contribution in [2.24, 2.45) is 5.84 Å². The molecule has 0 amide bonds. The van der Waals surface area contributed by atoms with Crippen LogP contribution < -0.4 is 11.3 Å². The Morgan fingerprint density at radius 1 is 1.21 bits per heavy atom. The topological polar surface area (TPSA) is 47.3 Å². The Balaban J connectivity index is 3.14. The quantitative estimate of drug-likeness (QED) is 0.559. The molecule has 19 heavy (non-hydrogen) atoms. The smallest absolute Gasteiger partial charge is 0.0883 e. The van der Waals surface area contributed by atoms with Gasteiger partial charge in [0.25, 0.3) is 0 Å². The minimum absolute atomic E-state index is 0.0222. The molecule has 0 aromatic heterocycles. The van der Waals surface area contributed by atoms with Gasteiger partial charge in [0.15, 0.2) is 0 Å². The van der Waals surface area contributed by atoms with Crippen molar-refractivity contribution in [2.45, 2.75) is 58.6 Å². The molecule has 1 aromatic carbocycles. The molecule has 0 heterocycles. The van der Waals surface area contributed by atoms with Gasteiger partial charge in [0.05, 0.1) is 11.6 Å². The Morgan fingerprint density at radius 2 is 1.89 bits per heavy atom. The number of nitrogens with one attached hydrogen (secondary N) is 1. The van der Waals surface area contributed by atoms with Crippen molar-refractivity contribution in [1.29, 1.82) is 0 Å².